The lowest BCUT2D eigenvalue weighted by Gasteiger charge is -2.35. The van der Waals surface area contributed by atoms with E-state index in [0.29, 0.717) is 17.8 Å². The molecular formula is C16H26N4. The summed E-state index contributed by atoms with van der Waals surface area (Å²) >= 11 is 0. The van der Waals surface area contributed by atoms with E-state index >= 15 is 0 Å². The van der Waals surface area contributed by atoms with E-state index < -0.39 is 0 Å². The normalized spacial score (nSPS) is 20.1. The minimum atomic E-state index is 0.557. The highest BCUT2D eigenvalue weighted by atomic mass is 15.2. The third-order valence-corrected chi connectivity index (χ3v) is 4.75. The topological polar surface area (TPSA) is 55.0 Å². The van der Waals surface area contributed by atoms with Gasteiger partial charge in [-0.1, -0.05) is 19.3 Å². The van der Waals surface area contributed by atoms with E-state index in [1.54, 1.807) is 0 Å². The van der Waals surface area contributed by atoms with Gasteiger partial charge in [-0.25, -0.2) is 9.97 Å². The third kappa shape index (κ3) is 2.60. The average Bonchev–Trinajstić information content (AvgIpc) is 3.30. The van der Waals surface area contributed by atoms with Crippen molar-refractivity contribution in [1.82, 2.24) is 9.97 Å². The molecule has 0 aromatic carbocycles. The summed E-state index contributed by atoms with van der Waals surface area (Å²) in [6, 6.07) is 0.633. The molecule has 1 heterocycles. The molecule has 0 spiro atoms. The summed E-state index contributed by atoms with van der Waals surface area (Å²) in [4.78, 5) is 11.8. The van der Waals surface area contributed by atoms with Crippen molar-refractivity contribution in [2.24, 2.45) is 0 Å². The molecular weight excluding hydrogens is 248 g/mol. The van der Waals surface area contributed by atoms with Crippen LogP contribution in [0, 0.1) is 6.92 Å². The number of hydrogen-bond acceptors (Lipinski definition) is 4. The van der Waals surface area contributed by atoms with Gasteiger partial charge in [0.15, 0.2) is 0 Å². The van der Waals surface area contributed by atoms with E-state index in [-0.39, 0.29) is 0 Å². The molecule has 1 aromatic heterocycles. The summed E-state index contributed by atoms with van der Waals surface area (Å²) in [6.45, 7) is 5.29. The lowest BCUT2D eigenvalue weighted by molar-refractivity contribution is 0.415. The lowest BCUT2D eigenvalue weighted by atomic mass is 9.94. The molecule has 4 heteroatoms. The van der Waals surface area contributed by atoms with Gasteiger partial charge in [-0.3, -0.25) is 0 Å². The van der Waals surface area contributed by atoms with Crippen molar-refractivity contribution in [1.29, 1.82) is 0 Å². The van der Waals surface area contributed by atoms with Crippen molar-refractivity contribution < 1.29 is 0 Å². The fourth-order valence-electron chi connectivity index (χ4n) is 3.32. The Balaban J connectivity index is 1.92. The molecule has 0 amide bonds. The largest absolute Gasteiger partial charge is 0.383 e. The fourth-order valence-corrected chi connectivity index (χ4v) is 3.32. The van der Waals surface area contributed by atoms with Gasteiger partial charge in [0.25, 0.3) is 0 Å². The quantitative estimate of drug-likeness (QED) is 0.914. The van der Waals surface area contributed by atoms with Gasteiger partial charge in [0.1, 0.15) is 17.5 Å². The Hall–Kier alpha value is -1.32. The van der Waals surface area contributed by atoms with Crippen LogP contribution in [0.1, 0.15) is 69.2 Å². The van der Waals surface area contributed by atoms with E-state index in [9.17, 15) is 0 Å². The number of rotatable bonds is 4. The van der Waals surface area contributed by atoms with Crippen molar-refractivity contribution in [2.45, 2.75) is 70.8 Å². The summed E-state index contributed by atoms with van der Waals surface area (Å²) in [5.41, 5.74) is 7.19. The monoisotopic (exact) mass is 274 g/mol. The van der Waals surface area contributed by atoms with Crippen LogP contribution in [0.4, 0.5) is 11.6 Å². The first kappa shape index (κ1) is 13.7. The number of aromatic nitrogens is 2. The Morgan fingerprint density at radius 3 is 2.40 bits per heavy atom. The number of nitrogen functional groups attached to an aromatic ring is 1. The highest BCUT2D eigenvalue weighted by molar-refractivity contribution is 5.57. The van der Waals surface area contributed by atoms with Gasteiger partial charge in [0, 0.05) is 24.1 Å². The van der Waals surface area contributed by atoms with Crippen molar-refractivity contribution in [2.75, 3.05) is 17.2 Å². The van der Waals surface area contributed by atoms with Gasteiger partial charge in [-0.05, 0) is 39.5 Å². The minimum absolute atomic E-state index is 0.557. The zero-order valence-corrected chi connectivity index (χ0v) is 12.7. The molecule has 0 bridgehead atoms. The van der Waals surface area contributed by atoms with Crippen LogP contribution in [0.15, 0.2) is 0 Å². The van der Waals surface area contributed by atoms with Crippen LogP contribution < -0.4 is 10.6 Å². The van der Waals surface area contributed by atoms with Crippen molar-refractivity contribution in [3.05, 3.63) is 11.4 Å². The van der Waals surface area contributed by atoms with Crippen LogP contribution in [0.2, 0.25) is 0 Å². The Morgan fingerprint density at radius 2 is 1.80 bits per heavy atom. The van der Waals surface area contributed by atoms with E-state index in [1.807, 2.05) is 0 Å². The first-order chi connectivity index (χ1) is 9.70. The summed E-state index contributed by atoms with van der Waals surface area (Å²) < 4.78 is 0. The van der Waals surface area contributed by atoms with E-state index in [2.05, 4.69) is 23.7 Å². The van der Waals surface area contributed by atoms with Crippen LogP contribution in [0.3, 0.4) is 0 Å². The van der Waals surface area contributed by atoms with E-state index in [0.717, 1.165) is 23.8 Å². The van der Waals surface area contributed by atoms with Crippen molar-refractivity contribution >= 4 is 11.6 Å². The summed E-state index contributed by atoms with van der Waals surface area (Å²) in [7, 11) is 0. The second kappa shape index (κ2) is 5.58. The predicted octanol–water partition coefficient (Wildman–Crippen LogP) is 3.40. The SMILES string of the molecule is CCN(c1nc(C2CC2)nc(N)c1C)C1CCCCC1. The summed E-state index contributed by atoms with van der Waals surface area (Å²) in [5, 5.41) is 0. The fraction of sp³-hybridized carbons (Fsp3) is 0.750. The minimum Gasteiger partial charge on any atom is -0.383 e. The van der Waals surface area contributed by atoms with Crippen LogP contribution >= 0.6 is 0 Å². The molecule has 2 N–H and O–H groups in total. The van der Waals surface area contributed by atoms with Crippen molar-refractivity contribution in [3.63, 3.8) is 0 Å². The Bertz CT molecular complexity index is 476. The van der Waals surface area contributed by atoms with Gasteiger partial charge in [0.05, 0.1) is 0 Å². The molecule has 20 heavy (non-hydrogen) atoms. The zero-order valence-electron chi connectivity index (χ0n) is 12.7. The molecule has 2 aliphatic carbocycles. The maximum atomic E-state index is 6.13. The molecule has 2 saturated carbocycles. The number of nitrogens with two attached hydrogens (primary N) is 1. The highest BCUT2D eigenvalue weighted by Gasteiger charge is 2.30. The smallest absolute Gasteiger partial charge is 0.137 e. The number of hydrogen-bond donors (Lipinski definition) is 1. The maximum Gasteiger partial charge on any atom is 0.137 e. The van der Waals surface area contributed by atoms with Gasteiger partial charge in [-0.2, -0.15) is 0 Å². The van der Waals surface area contributed by atoms with E-state index in [1.165, 1.54) is 44.9 Å². The van der Waals surface area contributed by atoms with Crippen LogP contribution in [0.5, 0.6) is 0 Å². The van der Waals surface area contributed by atoms with E-state index in [4.69, 9.17) is 10.7 Å². The molecule has 0 saturated heterocycles. The molecule has 110 valence electrons. The molecule has 3 rings (SSSR count). The lowest BCUT2D eigenvalue weighted by Crippen LogP contribution is -2.38. The molecule has 0 radical (unpaired) electrons. The molecule has 0 unspecified atom stereocenters. The molecule has 2 aliphatic rings. The summed E-state index contributed by atoms with van der Waals surface area (Å²) in [5.74, 6) is 3.29. The molecule has 0 atom stereocenters. The van der Waals surface area contributed by atoms with Gasteiger partial charge < -0.3 is 10.6 Å². The highest BCUT2D eigenvalue weighted by Crippen LogP contribution is 2.40. The van der Waals surface area contributed by atoms with Crippen LogP contribution in [-0.4, -0.2) is 22.6 Å². The zero-order chi connectivity index (χ0) is 14.1. The standard InChI is InChI=1S/C16H26N4/c1-3-20(13-7-5-4-6-8-13)16-11(2)14(17)18-15(19-16)12-9-10-12/h12-13H,3-10H2,1-2H3,(H2,17,18,19). The van der Waals surface area contributed by atoms with Crippen LogP contribution in [0.25, 0.3) is 0 Å². The number of anilines is 2. The Kier molecular flexibility index (Phi) is 3.81. The Labute approximate surface area is 121 Å². The number of nitrogens with zero attached hydrogens (tertiary/aromatic N) is 3. The maximum absolute atomic E-state index is 6.13. The second-order valence-corrected chi connectivity index (χ2v) is 6.27. The molecule has 2 fully saturated rings. The summed E-state index contributed by atoms with van der Waals surface area (Å²) in [6.07, 6.45) is 9.08. The predicted molar refractivity (Wildman–Crippen MR) is 83.0 cm³/mol. The first-order valence-corrected chi connectivity index (χ1v) is 8.11. The van der Waals surface area contributed by atoms with Gasteiger partial charge >= 0.3 is 0 Å². The molecule has 4 nitrogen and oxygen atoms in total. The first-order valence-electron chi connectivity index (χ1n) is 8.11. The molecule has 0 aliphatic heterocycles. The van der Waals surface area contributed by atoms with Gasteiger partial charge in [0.2, 0.25) is 0 Å². The van der Waals surface area contributed by atoms with Crippen LogP contribution in [-0.2, 0) is 0 Å². The third-order valence-electron chi connectivity index (χ3n) is 4.75. The second-order valence-electron chi connectivity index (χ2n) is 6.27. The van der Waals surface area contributed by atoms with Gasteiger partial charge in [-0.15, -0.1) is 0 Å². The Morgan fingerprint density at radius 1 is 1.10 bits per heavy atom. The van der Waals surface area contributed by atoms with Crippen molar-refractivity contribution in [3.8, 4) is 0 Å². The molecule has 1 aromatic rings. The average molecular weight is 274 g/mol.